The third-order valence-corrected chi connectivity index (χ3v) is 2.57. The molecule has 1 rings (SSSR count). The number of esters is 1. The van der Waals surface area contributed by atoms with Gasteiger partial charge >= 0.3 is 12.1 Å². The zero-order valence-electron chi connectivity index (χ0n) is 11.1. The van der Waals surface area contributed by atoms with Gasteiger partial charge in [-0.1, -0.05) is 0 Å². The molecule has 0 spiro atoms. The summed E-state index contributed by atoms with van der Waals surface area (Å²) in [6.07, 6.45) is -13.3. The van der Waals surface area contributed by atoms with Crippen molar-refractivity contribution in [1.82, 2.24) is 9.78 Å². The summed E-state index contributed by atoms with van der Waals surface area (Å²) in [4.78, 5) is 11.2. The van der Waals surface area contributed by atoms with Crippen LogP contribution in [0.1, 0.15) is 43.6 Å². The number of aromatic nitrogens is 2. The molecule has 1 atom stereocenters. The molecule has 4 nitrogen and oxygen atoms in total. The molecule has 0 aromatic carbocycles. The van der Waals surface area contributed by atoms with Crippen molar-refractivity contribution in [3.63, 3.8) is 0 Å². The lowest BCUT2D eigenvalue weighted by Crippen LogP contribution is -2.31. The maximum Gasteiger partial charge on any atom is 0.411 e. The first-order valence-electron chi connectivity index (χ1n) is 5.95. The van der Waals surface area contributed by atoms with Crippen LogP contribution in [0, 0.1) is 0 Å². The minimum atomic E-state index is -5.15. The average Bonchev–Trinajstić information content (AvgIpc) is 2.79. The first-order chi connectivity index (χ1) is 10.1. The van der Waals surface area contributed by atoms with Crippen LogP contribution >= 0.6 is 0 Å². The van der Waals surface area contributed by atoms with Crippen molar-refractivity contribution < 1.29 is 40.3 Å². The number of ether oxygens (including phenoxy) is 1. The molecule has 126 valence electrons. The number of nitrogens with zero attached hydrogens (tertiary/aromatic N) is 2. The molecule has 0 bridgehead atoms. The van der Waals surface area contributed by atoms with E-state index >= 15 is 0 Å². The zero-order chi connectivity index (χ0) is 17.1. The first kappa shape index (κ1) is 18.2. The highest BCUT2D eigenvalue weighted by Gasteiger charge is 2.45. The van der Waals surface area contributed by atoms with Gasteiger partial charge in [-0.3, -0.25) is 9.48 Å². The fourth-order valence-corrected chi connectivity index (χ4v) is 1.67. The Morgan fingerprint density at radius 3 is 2.27 bits per heavy atom. The molecule has 22 heavy (non-hydrogen) atoms. The second kappa shape index (κ2) is 6.97. The zero-order valence-corrected chi connectivity index (χ0v) is 11.1. The lowest BCUT2D eigenvalue weighted by Gasteiger charge is -2.21. The highest BCUT2D eigenvalue weighted by atomic mass is 19.4. The Labute approximate surface area is 119 Å². The number of hydrogen-bond donors (Lipinski definition) is 0. The van der Waals surface area contributed by atoms with Gasteiger partial charge in [-0.25, -0.2) is 17.6 Å². The largest absolute Gasteiger partial charge is 0.466 e. The lowest BCUT2D eigenvalue weighted by atomic mass is 10.2. The number of hydrogen-bond acceptors (Lipinski definition) is 3. The van der Waals surface area contributed by atoms with Gasteiger partial charge in [0.1, 0.15) is 11.4 Å². The smallest absolute Gasteiger partial charge is 0.411 e. The monoisotopic (exact) mass is 336 g/mol. The van der Waals surface area contributed by atoms with Crippen molar-refractivity contribution in [2.75, 3.05) is 6.61 Å². The molecule has 0 aliphatic carbocycles. The number of carbonyl (C=O) groups excluding carboxylic acids is 1. The number of carbonyl (C=O) groups is 1. The van der Waals surface area contributed by atoms with Crippen LogP contribution in [0.15, 0.2) is 6.07 Å². The van der Waals surface area contributed by atoms with Crippen molar-refractivity contribution in [2.24, 2.45) is 0 Å². The van der Waals surface area contributed by atoms with Gasteiger partial charge < -0.3 is 4.74 Å². The summed E-state index contributed by atoms with van der Waals surface area (Å²) in [6.45, 7) is 1.13. The van der Waals surface area contributed by atoms with Crippen LogP contribution in [-0.2, 0) is 9.53 Å². The first-order valence-corrected chi connectivity index (χ1v) is 5.95. The molecule has 1 unspecified atom stereocenters. The van der Waals surface area contributed by atoms with Gasteiger partial charge in [-0.05, 0) is 13.0 Å². The minimum absolute atomic E-state index is 0.180. The topological polar surface area (TPSA) is 44.1 Å². The van der Waals surface area contributed by atoms with Crippen molar-refractivity contribution in [3.05, 3.63) is 17.5 Å². The summed E-state index contributed by atoms with van der Waals surface area (Å²) in [7, 11) is 0. The van der Waals surface area contributed by atoms with Crippen LogP contribution in [0.3, 0.4) is 0 Å². The predicted octanol–water partition coefficient (Wildman–Crippen LogP) is 3.81. The Balaban J connectivity index is 3.26. The van der Waals surface area contributed by atoms with Gasteiger partial charge in [-0.2, -0.15) is 18.3 Å². The van der Waals surface area contributed by atoms with E-state index < -0.39 is 48.8 Å². The van der Waals surface area contributed by atoms with E-state index in [0.717, 1.165) is 0 Å². The summed E-state index contributed by atoms with van der Waals surface area (Å²) in [5.74, 6) is -1.31. The molecule has 1 heterocycles. The van der Waals surface area contributed by atoms with E-state index in [1.807, 2.05) is 0 Å². The van der Waals surface area contributed by atoms with Crippen molar-refractivity contribution in [2.45, 2.75) is 38.4 Å². The van der Waals surface area contributed by atoms with Crippen molar-refractivity contribution in [3.8, 4) is 0 Å². The molecule has 0 saturated carbocycles. The van der Waals surface area contributed by atoms with Crippen LogP contribution in [-0.4, -0.2) is 28.5 Å². The van der Waals surface area contributed by atoms with Crippen LogP contribution in [0.4, 0.5) is 30.7 Å². The van der Waals surface area contributed by atoms with Crippen LogP contribution in [0.5, 0.6) is 0 Å². The van der Waals surface area contributed by atoms with E-state index in [1.165, 1.54) is 6.92 Å². The number of alkyl halides is 7. The van der Waals surface area contributed by atoms with E-state index in [1.54, 1.807) is 0 Å². The van der Waals surface area contributed by atoms with E-state index in [4.69, 9.17) is 0 Å². The fourth-order valence-electron chi connectivity index (χ4n) is 1.67. The number of rotatable bonds is 6. The fraction of sp³-hybridized carbons (Fsp3) is 0.636. The molecular formula is C11H11F7N2O2. The second-order valence-electron chi connectivity index (χ2n) is 4.11. The maximum absolute atomic E-state index is 13.0. The third-order valence-electron chi connectivity index (χ3n) is 2.57. The molecule has 0 fully saturated rings. The van der Waals surface area contributed by atoms with Crippen molar-refractivity contribution in [1.29, 1.82) is 0 Å². The molecule has 0 aliphatic heterocycles. The molecule has 1 aromatic rings. The van der Waals surface area contributed by atoms with Gasteiger partial charge in [0.2, 0.25) is 0 Å². The van der Waals surface area contributed by atoms with E-state index in [-0.39, 0.29) is 17.4 Å². The quantitative estimate of drug-likeness (QED) is 0.586. The summed E-state index contributed by atoms with van der Waals surface area (Å²) in [5.41, 5.74) is -2.57. The Kier molecular flexibility index (Phi) is 5.78. The Hall–Kier alpha value is -1.81. The molecule has 0 aliphatic rings. The van der Waals surface area contributed by atoms with Crippen molar-refractivity contribution >= 4 is 5.97 Å². The molecule has 11 heteroatoms. The Morgan fingerprint density at radius 2 is 1.86 bits per heavy atom. The maximum atomic E-state index is 13.0. The third kappa shape index (κ3) is 4.34. The SMILES string of the molecule is CCOC(=O)CC(n1nc(C(F)F)cc1C(F)F)C(F)(F)F. The van der Waals surface area contributed by atoms with Crippen LogP contribution in [0.2, 0.25) is 0 Å². The summed E-state index contributed by atoms with van der Waals surface area (Å²) < 4.78 is 93.4. The predicted molar refractivity (Wildman–Crippen MR) is 58.5 cm³/mol. The highest BCUT2D eigenvalue weighted by Crippen LogP contribution is 2.37. The molecule has 0 radical (unpaired) electrons. The van der Waals surface area contributed by atoms with E-state index in [0.29, 0.717) is 0 Å². The lowest BCUT2D eigenvalue weighted by molar-refractivity contribution is -0.182. The Bertz CT molecular complexity index is 513. The minimum Gasteiger partial charge on any atom is -0.466 e. The van der Waals surface area contributed by atoms with Crippen LogP contribution < -0.4 is 0 Å². The van der Waals surface area contributed by atoms with E-state index in [9.17, 15) is 35.5 Å². The average molecular weight is 336 g/mol. The standard InChI is InChI=1S/C11H11F7N2O2/c1-2-22-8(21)4-7(11(16,17)18)20-6(10(14)15)3-5(19-20)9(12)13/h3,7,9-10H,2,4H2,1H3. The van der Waals surface area contributed by atoms with E-state index in [2.05, 4.69) is 9.84 Å². The van der Waals surface area contributed by atoms with Gasteiger partial charge in [0.05, 0.1) is 13.0 Å². The van der Waals surface area contributed by atoms with Gasteiger partial charge in [0, 0.05) is 0 Å². The van der Waals surface area contributed by atoms with Gasteiger partial charge in [-0.15, -0.1) is 0 Å². The van der Waals surface area contributed by atoms with Gasteiger partial charge in [0.15, 0.2) is 6.04 Å². The van der Waals surface area contributed by atoms with Gasteiger partial charge in [0.25, 0.3) is 12.9 Å². The Morgan fingerprint density at radius 1 is 1.27 bits per heavy atom. The molecule has 0 amide bonds. The molecular weight excluding hydrogens is 325 g/mol. The summed E-state index contributed by atoms with van der Waals surface area (Å²) >= 11 is 0. The summed E-state index contributed by atoms with van der Waals surface area (Å²) in [6, 6.07) is -2.64. The second-order valence-corrected chi connectivity index (χ2v) is 4.11. The molecule has 0 N–H and O–H groups in total. The normalized spacial score (nSPS) is 13.7. The van der Waals surface area contributed by atoms with Crippen LogP contribution in [0.25, 0.3) is 0 Å². The molecule has 0 saturated heterocycles. The molecule has 1 aromatic heterocycles. The summed E-state index contributed by atoms with van der Waals surface area (Å²) in [5, 5.41) is 2.87. The highest BCUT2D eigenvalue weighted by molar-refractivity contribution is 5.70. The number of halogens is 7.